The number of rotatable bonds is 3. The van der Waals surface area contributed by atoms with E-state index in [-0.39, 0.29) is 11.6 Å². The molecule has 0 aliphatic heterocycles. The van der Waals surface area contributed by atoms with Crippen LogP contribution in [0.2, 0.25) is 0 Å². The first-order valence-electron chi connectivity index (χ1n) is 7.07. The normalized spacial score (nSPS) is 11.4. The quantitative estimate of drug-likeness (QED) is 0.818. The van der Waals surface area contributed by atoms with Gasteiger partial charge in [0.25, 0.3) is 0 Å². The molecule has 0 unspecified atom stereocenters. The van der Waals surface area contributed by atoms with Crippen molar-refractivity contribution in [1.29, 1.82) is 0 Å². The molecule has 1 heterocycles. The number of hydrogen-bond donors (Lipinski definition) is 2. The minimum atomic E-state index is -0.594. The highest BCUT2D eigenvalue weighted by molar-refractivity contribution is 5.84. The standard InChI is InChI=1S/C16H19N5O2/c1-16(2,3)23-15(22)19-13-10-9-12(14(17)18-13)21-20-11-7-5-4-6-8-11/h4-10H,1-3H3,(H3,17,18,19,22)/b21-20+. The summed E-state index contributed by atoms with van der Waals surface area (Å²) >= 11 is 0. The Morgan fingerprint density at radius 3 is 2.43 bits per heavy atom. The Balaban J connectivity index is 2.06. The Morgan fingerprint density at radius 1 is 1.13 bits per heavy atom. The predicted octanol–water partition coefficient (Wildman–Crippen LogP) is 4.43. The molecular weight excluding hydrogens is 294 g/mol. The highest BCUT2D eigenvalue weighted by atomic mass is 16.6. The summed E-state index contributed by atoms with van der Waals surface area (Å²) < 4.78 is 5.14. The van der Waals surface area contributed by atoms with E-state index in [2.05, 4.69) is 20.5 Å². The monoisotopic (exact) mass is 313 g/mol. The third-order valence-electron chi connectivity index (χ3n) is 2.56. The van der Waals surface area contributed by atoms with Crippen LogP contribution in [-0.4, -0.2) is 16.7 Å². The van der Waals surface area contributed by atoms with Crippen molar-refractivity contribution in [3.8, 4) is 0 Å². The van der Waals surface area contributed by atoms with E-state index in [1.54, 1.807) is 32.9 Å². The Morgan fingerprint density at radius 2 is 1.83 bits per heavy atom. The SMILES string of the molecule is CC(C)(C)OC(=O)Nc1ccc(/N=N/c2ccccc2)c(N)n1. The first kappa shape index (κ1) is 16.4. The molecule has 0 saturated heterocycles. The van der Waals surface area contributed by atoms with Gasteiger partial charge in [0.05, 0.1) is 5.69 Å². The molecule has 0 bridgehead atoms. The second kappa shape index (κ2) is 6.87. The lowest BCUT2D eigenvalue weighted by Gasteiger charge is -2.19. The molecule has 0 atom stereocenters. The molecule has 2 aromatic rings. The van der Waals surface area contributed by atoms with Crippen LogP contribution in [0.5, 0.6) is 0 Å². The molecule has 1 aromatic carbocycles. The zero-order valence-electron chi connectivity index (χ0n) is 13.3. The number of anilines is 2. The Labute approximate surface area is 134 Å². The Kier molecular flexibility index (Phi) is 4.90. The van der Waals surface area contributed by atoms with Gasteiger partial charge in [0, 0.05) is 0 Å². The van der Waals surface area contributed by atoms with Crippen LogP contribution < -0.4 is 11.1 Å². The number of pyridine rings is 1. The van der Waals surface area contributed by atoms with E-state index >= 15 is 0 Å². The van der Waals surface area contributed by atoms with Crippen molar-refractivity contribution < 1.29 is 9.53 Å². The number of nitrogens with one attached hydrogen (secondary N) is 1. The topological polar surface area (TPSA) is 102 Å². The van der Waals surface area contributed by atoms with Crippen molar-refractivity contribution >= 4 is 29.1 Å². The lowest BCUT2D eigenvalue weighted by molar-refractivity contribution is 0.0635. The van der Waals surface area contributed by atoms with Gasteiger partial charge < -0.3 is 10.5 Å². The van der Waals surface area contributed by atoms with Gasteiger partial charge in [-0.2, -0.15) is 5.11 Å². The molecule has 7 heteroatoms. The molecule has 0 radical (unpaired) electrons. The average Bonchev–Trinajstić information content (AvgIpc) is 2.45. The number of nitrogens with two attached hydrogens (primary N) is 1. The van der Waals surface area contributed by atoms with Gasteiger partial charge in [-0.1, -0.05) is 18.2 Å². The Bertz CT molecular complexity index is 708. The van der Waals surface area contributed by atoms with Crippen molar-refractivity contribution in [3.05, 3.63) is 42.5 Å². The van der Waals surface area contributed by atoms with Gasteiger partial charge in [0.15, 0.2) is 5.82 Å². The highest BCUT2D eigenvalue weighted by Gasteiger charge is 2.16. The number of hydrogen-bond acceptors (Lipinski definition) is 6. The van der Waals surface area contributed by atoms with Gasteiger partial charge in [-0.25, -0.2) is 9.78 Å². The van der Waals surface area contributed by atoms with Gasteiger partial charge >= 0.3 is 6.09 Å². The highest BCUT2D eigenvalue weighted by Crippen LogP contribution is 2.24. The number of azo groups is 1. The first-order valence-corrected chi connectivity index (χ1v) is 7.07. The van der Waals surface area contributed by atoms with E-state index in [0.29, 0.717) is 11.4 Å². The van der Waals surface area contributed by atoms with E-state index < -0.39 is 11.7 Å². The number of amides is 1. The molecule has 0 aliphatic rings. The molecule has 23 heavy (non-hydrogen) atoms. The molecule has 1 amide bonds. The van der Waals surface area contributed by atoms with E-state index in [1.165, 1.54) is 0 Å². The number of carbonyl (C=O) groups is 1. The van der Waals surface area contributed by atoms with Gasteiger partial charge in [0.1, 0.15) is 17.1 Å². The molecule has 3 N–H and O–H groups in total. The number of aromatic nitrogens is 1. The third-order valence-corrected chi connectivity index (χ3v) is 2.56. The summed E-state index contributed by atoms with van der Waals surface area (Å²) in [5.41, 5.74) is 6.38. The first-order chi connectivity index (χ1) is 10.8. The fourth-order valence-corrected chi connectivity index (χ4v) is 1.64. The van der Waals surface area contributed by atoms with Crippen molar-refractivity contribution in [1.82, 2.24) is 4.98 Å². The largest absolute Gasteiger partial charge is 0.444 e. The van der Waals surface area contributed by atoms with Gasteiger partial charge in [-0.3, -0.25) is 5.32 Å². The summed E-state index contributed by atoms with van der Waals surface area (Å²) in [4.78, 5) is 15.7. The van der Waals surface area contributed by atoms with Crippen molar-refractivity contribution in [2.75, 3.05) is 11.1 Å². The molecule has 0 saturated carbocycles. The molecule has 0 spiro atoms. The maximum atomic E-state index is 11.7. The van der Waals surface area contributed by atoms with Gasteiger partial charge in [-0.15, -0.1) is 5.11 Å². The molecular formula is C16H19N5O2. The number of nitrogens with zero attached hydrogens (tertiary/aromatic N) is 3. The maximum Gasteiger partial charge on any atom is 0.413 e. The zero-order chi connectivity index (χ0) is 16.9. The minimum Gasteiger partial charge on any atom is -0.444 e. The van der Waals surface area contributed by atoms with Crippen LogP contribution in [-0.2, 0) is 4.74 Å². The predicted molar refractivity (Wildman–Crippen MR) is 89.1 cm³/mol. The molecule has 2 rings (SSSR count). The lowest BCUT2D eigenvalue weighted by atomic mass is 10.2. The van der Waals surface area contributed by atoms with E-state index in [1.807, 2.05) is 30.3 Å². The fraction of sp³-hybridized carbons (Fsp3) is 0.250. The van der Waals surface area contributed by atoms with E-state index in [9.17, 15) is 4.79 Å². The summed E-state index contributed by atoms with van der Waals surface area (Å²) in [7, 11) is 0. The fourth-order valence-electron chi connectivity index (χ4n) is 1.64. The van der Waals surface area contributed by atoms with Crippen molar-refractivity contribution in [2.24, 2.45) is 10.2 Å². The lowest BCUT2D eigenvalue weighted by Crippen LogP contribution is -2.27. The molecule has 0 aliphatic carbocycles. The minimum absolute atomic E-state index is 0.165. The van der Waals surface area contributed by atoms with Crippen LogP contribution in [0.3, 0.4) is 0 Å². The van der Waals surface area contributed by atoms with Crippen LogP contribution in [0.1, 0.15) is 20.8 Å². The summed E-state index contributed by atoms with van der Waals surface area (Å²) in [5, 5.41) is 10.6. The summed E-state index contributed by atoms with van der Waals surface area (Å²) in [6.45, 7) is 5.34. The van der Waals surface area contributed by atoms with Crippen molar-refractivity contribution in [3.63, 3.8) is 0 Å². The maximum absolute atomic E-state index is 11.7. The summed E-state index contributed by atoms with van der Waals surface area (Å²) in [6, 6.07) is 12.5. The van der Waals surface area contributed by atoms with Gasteiger partial charge in [0.2, 0.25) is 0 Å². The second-order valence-corrected chi connectivity index (χ2v) is 5.76. The van der Waals surface area contributed by atoms with Gasteiger partial charge in [-0.05, 0) is 45.0 Å². The summed E-state index contributed by atoms with van der Waals surface area (Å²) in [6.07, 6.45) is -0.594. The van der Waals surface area contributed by atoms with Crippen LogP contribution in [0.4, 0.5) is 27.8 Å². The molecule has 1 aromatic heterocycles. The third kappa shape index (κ3) is 5.39. The van der Waals surface area contributed by atoms with Crippen LogP contribution in [0, 0.1) is 0 Å². The molecule has 0 fully saturated rings. The second-order valence-electron chi connectivity index (χ2n) is 5.76. The van der Waals surface area contributed by atoms with Crippen LogP contribution >= 0.6 is 0 Å². The molecule has 7 nitrogen and oxygen atoms in total. The smallest absolute Gasteiger partial charge is 0.413 e. The number of ether oxygens (including phenoxy) is 1. The number of nitrogen functional groups attached to an aromatic ring is 1. The molecule has 120 valence electrons. The average molecular weight is 313 g/mol. The number of carbonyl (C=O) groups excluding carboxylic acids is 1. The van der Waals surface area contributed by atoms with E-state index in [4.69, 9.17) is 10.5 Å². The zero-order valence-corrected chi connectivity index (χ0v) is 13.3. The van der Waals surface area contributed by atoms with Crippen LogP contribution in [0.25, 0.3) is 0 Å². The van der Waals surface area contributed by atoms with E-state index in [0.717, 1.165) is 0 Å². The Hall–Kier alpha value is -2.96. The number of benzene rings is 1. The summed E-state index contributed by atoms with van der Waals surface area (Å²) in [5.74, 6) is 0.452. The van der Waals surface area contributed by atoms with Crippen LogP contribution in [0.15, 0.2) is 52.7 Å². The van der Waals surface area contributed by atoms with Crippen molar-refractivity contribution in [2.45, 2.75) is 26.4 Å².